The Morgan fingerprint density at radius 3 is 2.07 bits per heavy atom. The predicted octanol–water partition coefficient (Wildman–Crippen LogP) is 5.62. The molecule has 1 aliphatic heterocycles. The molecule has 0 aromatic heterocycles. The van der Waals surface area contributed by atoms with E-state index in [2.05, 4.69) is 11.9 Å². The molecule has 1 fully saturated rings. The second kappa shape index (κ2) is 10.7. The van der Waals surface area contributed by atoms with E-state index in [1.165, 1.54) is 6.08 Å². The molecule has 1 heterocycles. The number of allylic oxidation sites excluding steroid dienone is 1. The molecule has 0 amide bonds. The van der Waals surface area contributed by atoms with Crippen molar-refractivity contribution in [1.29, 1.82) is 0 Å². The van der Waals surface area contributed by atoms with Gasteiger partial charge in [-0.15, -0.1) is 31.4 Å². The molecular formula is C17H21Cl2F7N2. The zero-order chi connectivity index (χ0) is 19.5. The average Bonchev–Trinajstić information content (AvgIpc) is 2.55. The first-order chi connectivity index (χ1) is 12.1. The van der Waals surface area contributed by atoms with Crippen molar-refractivity contribution >= 4 is 24.8 Å². The van der Waals surface area contributed by atoms with Crippen LogP contribution in [0, 0.1) is 5.82 Å². The Balaban J connectivity index is 0.00000364. The zero-order valence-electron chi connectivity index (χ0n) is 14.7. The number of nitrogens with one attached hydrogen (secondary N) is 1. The normalized spacial score (nSPS) is 16.7. The van der Waals surface area contributed by atoms with Gasteiger partial charge >= 0.3 is 12.4 Å². The van der Waals surface area contributed by atoms with Crippen LogP contribution in [0.1, 0.15) is 35.6 Å². The van der Waals surface area contributed by atoms with Gasteiger partial charge in [-0.1, -0.05) is 6.08 Å². The number of hydrogen-bond acceptors (Lipinski definition) is 2. The summed E-state index contributed by atoms with van der Waals surface area (Å²) in [6, 6.07) is -0.830. The van der Waals surface area contributed by atoms with Crippen LogP contribution in [0.3, 0.4) is 0 Å². The van der Waals surface area contributed by atoms with Crippen LogP contribution in [0.4, 0.5) is 30.7 Å². The van der Waals surface area contributed by atoms with Crippen LogP contribution < -0.4 is 5.32 Å². The van der Waals surface area contributed by atoms with E-state index >= 15 is 0 Å². The van der Waals surface area contributed by atoms with Crippen molar-refractivity contribution in [2.75, 3.05) is 26.2 Å². The van der Waals surface area contributed by atoms with Crippen molar-refractivity contribution in [3.8, 4) is 0 Å². The fourth-order valence-corrected chi connectivity index (χ4v) is 3.13. The molecule has 0 aliphatic carbocycles. The number of piperazine rings is 1. The summed E-state index contributed by atoms with van der Waals surface area (Å²) >= 11 is 0. The van der Waals surface area contributed by atoms with Gasteiger partial charge in [0.05, 0.1) is 11.1 Å². The maximum absolute atomic E-state index is 14.5. The number of halogens is 9. The molecule has 28 heavy (non-hydrogen) atoms. The lowest BCUT2D eigenvalue weighted by Crippen LogP contribution is -2.45. The van der Waals surface area contributed by atoms with Crippen LogP contribution >= 0.6 is 24.8 Å². The molecule has 1 atom stereocenters. The van der Waals surface area contributed by atoms with Gasteiger partial charge in [0.1, 0.15) is 5.82 Å². The molecule has 162 valence electrons. The first-order valence-corrected chi connectivity index (χ1v) is 8.09. The third-order valence-electron chi connectivity index (χ3n) is 4.33. The SMILES string of the molecule is C=CCC[C@@H](c1c(F)cc(C(F)(F)F)cc1C(F)(F)F)N1CCNCC1.Cl.Cl. The second-order valence-electron chi connectivity index (χ2n) is 6.08. The highest BCUT2D eigenvalue weighted by molar-refractivity contribution is 5.85. The predicted molar refractivity (Wildman–Crippen MR) is 97.5 cm³/mol. The number of nitrogens with zero attached hydrogens (tertiary/aromatic N) is 1. The molecule has 1 saturated heterocycles. The van der Waals surface area contributed by atoms with Crippen LogP contribution in [0.25, 0.3) is 0 Å². The minimum absolute atomic E-state index is 0. The van der Waals surface area contributed by atoms with Crippen LogP contribution in [0.5, 0.6) is 0 Å². The molecule has 0 saturated carbocycles. The fraction of sp³-hybridized carbons (Fsp3) is 0.529. The van der Waals surface area contributed by atoms with Crippen LogP contribution in [-0.2, 0) is 12.4 Å². The van der Waals surface area contributed by atoms with Gasteiger partial charge in [0.25, 0.3) is 0 Å². The smallest absolute Gasteiger partial charge is 0.314 e. The standard InChI is InChI=1S/C17H19F7N2.2ClH/c1-2-3-4-14(26-7-5-25-6-8-26)15-12(17(22,23)24)9-11(10-13(15)18)16(19,20)21;;/h2,9-10,14,25H,1,3-8H2;2*1H/t14-;;/m0../s1. The first-order valence-electron chi connectivity index (χ1n) is 8.09. The van der Waals surface area contributed by atoms with E-state index in [1.807, 2.05) is 0 Å². The number of benzene rings is 1. The maximum Gasteiger partial charge on any atom is 0.416 e. The topological polar surface area (TPSA) is 15.3 Å². The van der Waals surface area contributed by atoms with E-state index in [9.17, 15) is 30.7 Å². The summed E-state index contributed by atoms with van der Waals surface area (Å²) in [4.78, 5) is 1.67. The number of alkyl halides is 6. The fourth-order valence-electron chi connectivity index (χ4n) is 3.13. The van der Waals surface area contributed by atoms with Gasteiger partial charge in [-0.2, -0.15) is 26.3 Å². The molecule has 1 aromatic carbocycles. The third kappa shape index (κ3) is 6.50. The Kier molecular flexibility index (Phi) is 10.3. The molecule has 11 heteroatoms. The molecule has 0 radical (unpaired) electrons. The van der Waals surface area contributed by atoms with E-state index in [-0.39, 0.29) is 43.4 Å². The van der Waals surface area contributed by atoms with Crippen molar-refractivity contribution in [1.82, 2.24) is 10.2 Å². The monoisotopic (exact) mass is 456 g/mol. The summed E-state index contributed by atoms with van der Waals surface area (Å²) in [6.07, 6.45) is -8.23. The lowest BCUT2D eigenvalue weighted by Gasteiger charge is -2.36. The van der Waals surface area contributed by atoms with E-state index in [4.69, 9.17) is 0 Å². The van der Waals surface area contributed by atoms with Crippen molar-refractivity contribution in [3.63, 3.8) is 0 Å². The zero-order valence-corrected chi connectivity index (χ0v) is 16.3. The quantitative estimate of drug-likeness (QED) is 0.456. The molecular weight excluding hydrogens is 436 g/mol. The number of hydrogen-bond donors (Lipinski definition) is 1. The van der Waals surface area contributed by atoms with E-state index in [1.54, 1.807) is 4.90 Å². The van der Waals surface area contributed by atoms with Crippen molar-refractivity contribution < 1.29 is 30.7 Å². The highest BCUT2D eigenvalue weighted by Crippen LogP contribution is 2.42. The van der Waals surface area contributed by atoms with Crippen molar-refractivity contribution in [3.05, 3.63) is 47.3 Å². The lowest BCUT2D eigenvalue weighted by atomic mass is 9.92. The van der Waals surface area contributed by atoms with Gasteiger partial charge in [-0.05, 0) is 25.0 Å². The molecule has 0 bridgehead atoms. The largest absolute Gasteiger partial charge is 0.416 e. The van der Waals surface area contributed by atoms with Crippen LogP contribution in [-0.4, -0.2) is 31.1 Å². The summed E-state index contributed by atoms with van der Waals surface area (Å²) in [5.41, 5.74) is -3.94. The summed E-state index contributed by atoms with van der Waals surface area (Å²) in [7, 11) is 0. The first kappa shape index (κ1) is 27.0. The number of rotatable bonds is 5. The molecule has 2 rings (SSSR count). The Morgan fingerprint density at radius 1 is 1.04 bits per heavy atom. The second-order valence-corrected chi connectivity index (χ2v) is 6.08. The Hall–Kier alpha value is -1.03. The third-order valence-corrected chi connectivity index (χ3v) is 4.33. The van der Waals surface area contributed by atoms with E-state index in [0.717, 1.165) is 0 Å². The van der Waals surface area contributed by atoms with Gasteiger partial charge in [-0.3, -0.25) is 4.90 Å². The van der Waals surface area contributed by atoms with Crippen molar-refractivity contribution in [2.45, 2.75) is 31.2 Å². The highest BCUT2D eigenvalue weighted by Gasteiger charge is 2.42. The maximum atomic E-state index is 14.5. The van der Waals surface area contributed by atoms with Crippen LogP contribution in [0.2, 0.25) is 0 Å². The van der Waals surface area contributed by atoms with E-state index < -0.39 is 40.9 Å². The van der Waals surface area contributed by atoms with Crippen LogP contribution in [0.15, 0.2) is 24.8 Å². The molecule has 1 aromatic rings. The van der Waals surface area contributed by atoms with Crippen molar-refractivity contribution in [2.24, 2.45) is 0 Å². The molecule has 1 N–H and O–H groups in total. The van der Waals surface area contributed by atoms with Gasteiger partial charge in [0.2, 0.25) is 0 Å². The summed E-state index contributed by atoms with van der Waals surface area (Å²) in [5.74, 6) is -1.49. The molecule has 0 spiro atoms. The van der Waals surface area contributed by atoms with E-state index in [0.29, 0.717) is 32.6 Å². The minimum atomic E-state index is -5.10. The Labute approximate surface area is 171 Å². The van der Waals surface area contributed by atoms with Gasteiger partial charge in [0.15, 0.2) is 0 Å². The Morgan fingerprint density at radius 2 is 1.61 bits per heavy atom. The molecule has 0 unspecified atom stereocenters. The molecule has 2 nitrogen and oxygen atoms in total. The summed E-state index contributed by atoms with van der Waals surface area (Å²) in [6.45, 7) is 5.28. The lowest BCUT2D eigenvalue weighted by molar-refractivity contribution is -0.144. The average molecular weight is 457 g/mol. The van der Waals surface area contributed by atoms with Gasteiger partial charge < -0.3 is 5.32 Å². The highest BCUT2D eigenvalue weighted by atomic mass is 35.5. The van der Waals surface area contributed by atoms with Gasteiger partial charge in [-0.25, -0.2) is 4.39 Å². The summed E-state index contributed by atoms with van der Waals surface area (Å²) in [5, 5.41) is 3.04. The van der Waals surface area contributed by atoms with Gasteiger partial charge in [0, 0.05) is 37.8 Å². The molecule has 1 aliphatic rings. The minimum Gasteiger partial charge on any atom is -0.314 e. The Bertz CT molecular complexity index is 642. The summed E-state index contributed by atoms with van der Waals surface area (Å²) < 4.78 is 93.5.